The molecule has 1 aliphatic rings. The van der Waals surface area contributed by atoms with E-state index >= 15 is 0 Å². The van der Waals surface area contributed by atoms with Crippen LogP contribution in [-0.4, -0.2) is 63.8 Å². The first kappa shape index (κ1) is 17.9. The van der Waals surface area contributed by atoms with Gasteiger partial charge in [-0.3, -0.25) is 0 Å². The number of benzene rings is 1. The topological polar surface area (TPSA) is 136 Å². The van der Waals surface area contributed by atoms with E-state index in [0.29, 0.717) is 5.39 Å². The van der Waals surface area contributed by atoms with Crippen LogP contribution in [0.1, 0.15) is 0 Å². The fourth-order valence-corrected chi connectivity index (χ4v) is 3.68. The van der Waals surface area contributed by atoms with Crippen molar-refractivity contribution in [1.82, 2.24) is 4.57 Å². The van der Waals surface area contributed by atoms with Crippen molar-refractivity contribution in [2.75, 3.05) is 6.61 Å². The zero-order valence-electron chi connectivity index (χ0n) is 12.0. The second-order valence-corrected chi connectivity index (χ2v) is 7.42. The van der Waals surface area contributed by atoms with Gasteiger partial charge < -0.3 is 39.9 Å². The molecule has 6 N–H and O–H groups in total. The minimum Gasteiger partial charge on any atom is -0.506 e. The van der Waals surface area contributed by atoms with Crippen molar-refractivity contribution >= 4 is 38.4 Å². The molecule has 2 aromatic rings. The molecule has 1 aromatic heterocycles. The highest BCUT2D eigenvalue weighted by atomic mass is 79.9. The number of halogens is 2. The monoisotopic (exact) mass is 423 g/mol. The highest BCUT2D eigenvalue weighted by Gasteiger charge is 2.72. The smallest absolute Gasteiger partial charge is 0.231 e. The lowest BCUT2D eigenvalue weighted by atomic mass is 9.90. The van der Waals surface area contributed by atoms with Crippen molar-refractivity contribution in [3.63, 3.8) is 0 Å². The molecule has 1 saturated heterocycles. The van der Waals surface area contributed by atoms with E-state index < -0.39 is 34.3 Å². The second-order valence-electron chi connectivity index (χ2n) is 5.59. The summed E-state index contributed by atoms with van der Waals surface area (Å²) in [7, 11) is 0. The number of aliphatic hydroxyl groups is 5. The Balaban J connectivity index is 2.32. The van der Waals surface area contributed by atoms with Crippen LogP contribution in [0.4, 0.5) is 0 Å². The average molecular weight is 425 g/mol. The van der Waals surface area contributed by atoms with Gasteiger partial charge in [0, 0.05) is 11.6 Å². The summed E-state index contributed by atoms with van der Waals surface area (Å²) in [6.45, 7) is -0.940. The third-order valence-corrected chi connectivity index (χ3v) is 6.06. The Morgan fingerprint density at radius 2 is 1.88 bits per heavy atom. The summed E-state index contributed by atoms with van der Waals surface area (Å²) in [4.78, 5) is 0. The molecule has 24 heavy (non-hydrogen) atoms. The molecule has 0 aliphatic carbocycles. The first-order valence-electron chi connectivity index (χ1n) is 6.87. The Labute approximate surface area is 149 Å². The Bertz CT molecular complexity index is 784. The van der Waals surface area contributed by atoms with Crippen LogP contribution in [0, 0.1) is 0 Å². The van der Waals surface area contributed by atoms with Crippen LogP contribution in [0.3, 0.4) is 0 Å². The predicted octanol–water partition coefficient (Wildman–Crippen LogP) is -0.288. The zero-order valence-corrected chi connectivity index (χ0v) is 14.4. The van der Waals surface area contributed by atoms with Crippen LogP contribution >= 0.6 is 27.5 Å². The molecule has 2 heterocycles. The van der Waals surface area contributed by atoms with Gasteiger partial charge in [0.1, 0.15) is 5.75 Å². The van der Waals surface area contributed by atoms with Crippen molar-refractivity contribution in [3.05, 3.63) is 30.5 Å². The Hall–Kier alpha value is -0.910. The third kappa shape index (κ3) is 2.07. The van der Waals surface area contributed by atoms with Crippen molar-refractivity contribution in [2.24, 2.45) is 0 Å². The summed E-state index contributed by atoms with van der Waals surface area (Å²) in [6, 6.07) is 6.29. The zero-order chi connectivity index (χ0) is 17.9. The third-order valence-electron chi connectivity index (χ3n) is 4.23. The molecule has 8 nitrogen and oxygen atoms in total. The van der Waals surface area contributed by atoms with Crippen LogP contribution < -0.4 is 0 Å². The first-order valence-corrected chi connectivity index (χ1v) is 8.04. The molecule has 0 bridgehead atoms. The van der Waals surface area contributed by atoms with Gasteiger partial charge in [0.2, 0.25) is 10.8 Å². The number of fused-ring (bicyclic) bond motifs is 1. The van der Waals surface area contributed by atoms with Gasteiger partial charge in [-0.2, -0.15) is 0 Å². The SMILES string of the molecule is OC[C@@]1(Br)O[C@@H](O)[C@@H](O)[C@](O)(n2cc(O)c3ccccc32)[C@@]1(O)Cl. The number of aliphatic hydroxyl groups excluding tert-OH is 3. The summed E-state index contributed by atoms with van der Waals surface area (Å²) < 4.78 is 3.67. The van der Waals surface area contributed by atoms with Crippen LogP contribution in [0.5, 0.6) is 5.75 Å². The quantitative estimate of drug-likeness (QED) is 0.365. The highest BCUT2D eigenvalue weighted by Crippen LogP contribution is 2.53. The fourth-order valence-electron chi connectivity index (χ4n) is 2.89. The number of aromatic nitrogens is 1. The molecule has 1 aromatic carbocycles. The number of nitrogens with zero attached hydrogens (tertiary/aromatic N) is 1. The van der Waals surface area contributed by atoms with Gasteiger partial charge in [-0.05, 0) is 28.1 Å². The maximum atomic E-state index is 11.1. The standard InChI is InChI=1S/C14H15BrClNO7/c15-12(6-18)14(16,23)13(22,10(20)11(21)24-12)17-5-9(19)7-3-1-2-4-8(7)17/h1-5,10-11,18-23H,6H2/t10-,11-,12-,13-,14-/m1/s1. The molecule has 0 unspecified atom stereocenters. The highest BCUT2D eigenvalue weighted by molar-refractivity contribution is 9.10. The lowest BCUT2D eigenvalue weighted by Gasteiger charge is -2.55. The lowest BCUT2D eigenvalue weighted by Crippen LogP contribution is -2.76. The van der Waals surface area contributed by atoms with Crippen molar-refractivity contribution in [3.8, 4) is 5.75 Å². The second kappa shape index (κ2) is 5.55. The minimum absolute atomic E-state index is 0.220. The molecule has 132 valence electrons. The number of aromatic hydroxyl groups is 1. The number of alkyl halides is 2. The van der Waals surface area contributed by atoms with Gasteiger partial charge in [0.05, 0.1) is 12.1 Å². The van der Waals surface area contributed by atoms with Crippen molar-refractivity contribution in [2.45, 2.75) is 27.7 Å². The molecule has 1 fully saturated rings. The first-order chi connectivity index (χ1) is 11.1. The van der Waals surface area contributed by atoms with E-state index in [2.05, 4.69) is 15.9 Å². The van der Waals surface area contributed by atoms with Gasteiger partial charge >= 0.3 is 0 Å². The fraction of sp³-hybridized carbons (Fsp3) is 0.429. The van der Waals surface area contributed by atoms with E-state index in [9.17, 15) is 30.6 Å². The molecule has 10 heteroatoms. The Morgan fingerprint density at radius 1 is 1.25 bits per heavy atom. The molecule has 0 radical (unpaired) electrons. The molecule has 0 saturated carbocycles. The number of hydrogen-bond acceptors (Lipinski definition) is 7. The van der Waals surface area contributed by atoms with Gasteiger partial charge in [-0.1, -0.05) is 23.7 Å². The van der Waals surface area contributed by atoms with Gasteiger partial charge in [-0.25, -0.2) is 0 Å². The molecule has 5 atom stereocenters. The molecular weight excluding hydrogens is 410 g/mol. The number of ether oxygens (including phenoxy) is 1. The summed E-state index contributed by atoms with van der Waals surface area (Å²) in [5.74, 6) is -0.246. The maximum absolute atomic E-state index is 11.1. The number of para-hydroxylation sites is 1. The number of hydrogen-bond donors (Lipinski definition) is 6. The molecule has 0 amide bonds. The Kier molecular flexibility index (Phi) is 4.14. The summed E-state index contributed by atoms with van der Waals surface area (Å²) in [6.07, 6.45) is -3.05. The Morgan fingerprint density at radius 3 is 2.50 bits per heavy atom. The summed E-state index contributed by atoms with van der Waals surface area (Å²) in [5, 5.41) is 59.1. The van der Waals surface area contributed by atoms with E-state index in [4.69, 9.17) is 16.3 Å². The van der Waals surface area contributed by atoms with E-state index in [1.165, 1.54) is 6.07 Å². The number of rotatable bonds is 2. The largest absolute Gasteiger partial charge is 0.506 e. The van der Waals surface area contributed by atoms with Crippen molar-refractivity contribution in [1.29, 1.82) is 0 Å². The van der Waals surface area contributed by atoms with E-state index in [-0.39, 0.29) is 11.3 Å². The summed E-state index contributed by atoms with van der Waals surface area (Å²) in [5.41, 5.74) is -2.54. The van der Waals surface area contributed by atoms with E-state index in [1.54, 1.807) is 18.2 Å². The maximum Gasteiger partial charge on any atom is 0.231 e. The molecule has 0 spiro atoms. The average Bonchev–Trinajstić information content (AvgIpc) is 2.89. The normalized spacial score (nSPS) is 40.1. The molecule has 1 aliphatic heterocycles. The van der Waals surface area contributed by atoms with Gasteiger partial charge in [-0.15, -0.1) is 0 Å². The van der Waals surface area contributed by atoms with E-state index in [0.717, 1.165) is 10.8 Å². The van der Waals surface area contributed by atoms with Crippen LogP contribution in [-0.2, 0) is 10.5 Å². The van der Waals surface area contributed by atoms with Crippen LogP contribution in [0.25, 0.3) is 10.9 Å². The molecule has 3 rings (SSSR count). The lowest BCUT2D eigenvalue weighted by molar-refractivity contribution is -0.368. The summed E-state index contributed by atoms with van der Waals surface area (Å²) >= 11 is 8.96. The molecular formula is C14H15BrClNO7. The minimum atomic E-state index is -2.83. The van der Waals surface area contributed by atoms with Gasteiger partial charge in [0.15, 0.2) is 16.9 Å². The van der Waals surface area contributed by atoms with Gasteiger partial charge in [0.25, 0.3) is 0 Å². The van der Waals surface area contributed by atoms with Crippen LogP contribution in [0.15, 0.2) is 30.5 Å². The van der Waals surface area contributed by atoms with E-state index in [1.807, 2.05) is 0 Å². The van der Waals surface area contributed by atoms with Crippen molar-refractivity contribution < 1.29 is 35.4 Å². The van der Waals surface area contributed by atoms with Crippen LogP contribution in [0.2, 0.25) is 0 Å². The predicted molar refractivity (Wildman–Crippen MR) is 86.4 cm³/mol.